The van der Waals surface area contributed by atoms with E-state index in [0.29, 0.717) is 17.0 Å². The van der Waals surface area contributed by atoms with Crippen LogP contribution >= 0.6 is 11.3 Å². The molecule has 0 bridgehead atoms. The van der Waals surface area contributed by atoms with E-state index in [2.05, 4.69) is 4.98 Å². The van der Waals surface area contributed by atoms with Crippen LogP contribution in [0, 0.1) is 0 Å². The lowest BCUT2D eigenvalue weighted by Gasteiger charge is -1.99. The lowest BCUT2D eigenvalue weighted by Crippen LogP contribution is -2.03. The third-order valence-electron chi connectivity index (χ3n) is 2.83. The van der Waals surface area contributed by atoms with Crippen molar-refractivity contribution >= 4 is 32.3 Å². The highest BCUT2D eigenvalue weighted by Gasteiger charge is 2.15. The van der Waals surface area contributed by atoms with E-state index in [4.69, 9.17) is 4.42 Å². The molecule has 0 atom stereocenters. The second-order valence-electron chi connectivity index (χ2n) is 4.03. The highest BCUT2D eigenvalue weighted by Crippen LogP contribution is 2.28. The number of benzene rings is 1. The molecule has 0 saturated heterocycles. The molecule has 1 aromatic carbocycles. The molecule has 0 amide bonds. The minimum absolute atomic E-state index is 0.0775. The van der Waals surface area contributed by atoms with Crippen LogP contribution in [0.2, 0.25) is 0 Å². The molecule has 3 rings (SSSR count). The predicted octanol–water partition coefficient (Wildman–Crippen LogP) is 3.35. The van der Waals surface area contributed by atoms with Crippen molar-refractivity contribution < 1.29 is 12.8 Å². The minimum atomic E-state index is -3.21. The summed E-state index contributed by atoms with van der Waals surface area (Å²) in [5.41, 5.74) is 1.16. The quantitative estimate of drug-likeness (QED) is 0.743. The second kappa shape index (κ2) is 4.47. The highest BCUT2D eigenvalue weighted by atomic mass is 32.2. The van der Waals surface area contributed by atoms with Crippen LogP contribution in [0.25, 0.3) is 21.9 Å². The Labute approximate surface area is 114 Å². The summed E-state index contributed by atoms with van der Waals surface area (Å²) in [4.78, 5) is 5.56. The standard InChI is InChI=1S/C13H11NO3S2/c1-2-19(15,16)9-5-6-11-10(8-9)14-13(17-11)12-4-3-7-18-12/h3-8H,2H2,1H3. The number of hydrogen-bond donors (Lipinski definition) is 0. The van der Waals surface area contributed by atoms with E-state index >= 15 is 0 Å². The summed E-state index contributed by atoms with van der Waals surface area (Å²) < 4.78 is 29.3. The summed E-state index contributed by atoms with van der Waals surface area (Å²) >= 11 is 1.53. The van der Waals surface area contributed by atoms with Gasteiger partial charge in [0, 0.05) is 0 Å². The van der Waals surface area contributed by atoms with Gasteiger partial charge in [-0.2, -0.15) is 0 Å². The molecule has 3 aromatic rings. The molecule has 19 heavy (non-hydrogen) atoms. The number of nitrogens with zero attached hydrogens (tertiary/aromatic N) is 1. The molecule has 2 aromatic heterocycles. The maximum absolute atomic E-state index is 11.8. The van der Waals surface area contributed by atoms with Gasteiger partial charge < -0.3 is 4.42 Å². The normalized spacial score (nSPS) is 12.1. The smallest absolute Gasteiger partial charge is 0.237 e. The predicted molar refractivity (Wildman–Crippen MR) is 75.0 cm³/mol. The van der Waals surface area contributed by atoms with Crippen molar-refractivity contribution in [3.8, 4) is 10.8 Å². The number of hydrogen-bond acceptors (Lipinski definition) is 5. The molecule has 0 radical (unpaired) electrons. The van der Waals surface area contributed by atoms with Gasteiger partial charge in [-0.15, -0.1) is 11.3 Å². The van der Waals surface area contributed by atoms with E-state index in [1.807, 2.05) is 17.5 Å². The van der Waals surface area contributed by atoms with Crippen molar-refractivity contribution in [3.05, 3.63) is 35.7 Å². The zero-order valence-electron chi connectivity index (χ0n) is 10.2. The van der Waals surface area contributed by atoms with Gasteiger partial charge in [0.25, 0.3) is 0 Å². The Morgan fingerprint density at radius 2 is 2.16 bits per heavy atom. The number of aromatic nitrogens is 1. The van der Waals surface area contributed by atoms with Crippen LogP contribution in [0.4, 0.5) is 0 Å². The average Bonchev–Trinajstić information content (AvgIpc) is 3.06. The molecule has 98 valence electrons. The minimum Gasteiger partial charge on any atom is -0.435 e. The lowest BCUT2D eigenvalue weighted by molar-refractivity contribution is 0.597. The summed E-state index contributed by atoms with van der Waals surface area (Å²) in [5.74, 6) is 0.602. The Morgan fingerprint density at radius 3 is 2.84 bits per heavy atom. The Kier molecular flexibility index (Phi) is 2.91. The van der Waals surface area contributed by atoms with Crippen LogP contribution < -0.4 is 0 Å². The Hall–Kier alpha value is -1.66. The molecule has 0 unspecified atom stereocenters. The molecule has 0 N–H and O–H groups in total. The van der Waals surface area contributed by atoms with Gasteiger partial charge in [-0.1, -0.05) is 13.0 Å². The van der Waals surface area contributed by atoms with Gasteiger partial charge in [0.15, 0.2) is 15.4 Å². The average molecular weight is 293 g/mol. The van der Waals surface area contributed by atoms with Crippen LogP contribution in [-0.2, 0) is 9.84 Å². The summed E-state index contributed by atoms with van der Waals surface area (Å²) in [7, 11) is -3.21. The molecule has 6 heteroatoms. The largest absolute Gasteiger partial charge is 0.435 e. The number of oxazole rings is 1. The highest BCUT2D eigenvalue weighted by molar-refractivity contribution is 7.91. The monoisotopic (exact) mass is 293 g/mol. The van der Waals surface area contributed by atoms with Crippen molar-refractivity contribution in [1.82, 2.24) is 4.98 Å². The fraction of sp³-hybridized carbons (Fsp3) is 0.154. The molecule has 0 spiro atoms. The van der Waals surface area contributed by atoms with E-state index in [0.717, 1.165) is 4.88 Å². The number of fused-ring (bicyclic) bond motifs is 1. The lowest BCUT2D eigenvalue weighted by atomic mass is 10.3. The van der Waals surface area contributed by atoms with E-state index in [1.165, 1.54) is 11.3 Å². The zero-order valence-corrected chi connectivity index (χ0v) is 11.8. The van der Waals surface area contributed by atoms with Gasteiger partial charge >= 0.3 is 0 Å². The first kappa shape index (κ1) is 12.4. The maximum Gasteiger partial charge on any atom is 0.237 e. The Balaban J connectivity index is 2.15. The summed E-state index contributed by atoms with van der Waals surface area (Å²) in [5, 5.41) is 1.94. The summed E-state index contributed by atoms with van der Waals surface area (Å²) in [6, 6.07) is 8.61. The number of thiophene rings is 1. The molecule has 0 fully saturated rings. The number of sulfone groups is 1. The third-order valence-corrected chi connectivity index (χ3v) is 5.42. The first-order valence-corrected chi connectivity index (χ1v) is 8.30. The van der Waals surface area contributed by atoms with Crippen LogP contribution in [0.1, 0.15) is 6.92 Å². The van der Waals surface area contributed by atoms with Gasteiger partial charge in [-0.3, -0.25) is 0 Å². The Morgan fingerprint density at radius 1 is 1.32 bits per heavy atom. The van der Waals surface area contributed by atoms with Crippen molar-refractivity contribution in [1.29, 1.82) is 0 Å². The molecule has 0 aliphatic heterocycles. The number of rotatable bonds is 3. The van der Waals surface area contributed by atoms with E-state index in [-0.39, 0.29) is 10.6 Å². The third kappa shape index (κ3) is 2.17. The molecule has 0 aliphatic rings. The van der Waals surface area contributed by atoms with Crippen molar-refractivity contribution in [3.63, 3.8) is 0 Å². The fourth-order valence-corrected chi connectivity index (χ4v) is 3.32. The van der Waals surface area contributed by atoms with E-state index in [9.17, 15) is 8.42 Å². The Bertz CT molecular complexity index is 817. The fourth-order valence-electron chi connectivity index (χ4n) is 1.77. The van der Waals surface area contributed by atoms with E-state index in [1.54, 1.807) is 25.1 Å². The van der Waals surface area contributed by atoms with Gasteiger partial charge in [-0.25, -0.2) is 13.4 Å². The van der Waals surface area contributed by atoms with Gasteiger partial charge in [-0.05, 0) is 29.6 Å². The molecule has 4 nitrogen and oxygen atoms in total. The van der Waals surface area contributed by atoms with Crippen molar-refractivity contribution in [2.75, 3.05) is 5.75 Å². The van der Waals surface area contributed by atoms with Crippen LogP contribution in [0.15, 0.2) is 45.0 Å². The SMILES string of the molecule is CCS(=O)(=O)c1ccc2oc(-c3cccs3)nc2c1. The topological polar surface area (TPSA) is 60.2 Å². The maximum atomic E-state index is 11.8. The molecule has 0 aliphatic carbocycles. The van der Waals surface area contributed by atoms with Crippen molar-refractivity contribution in [2.45, 2.75) is 11.8 Å². The van der Waals surface area contributed by atoms with E-state index < -0.39 is 9.84 Å². The summed E-state index contributed by atoms with van der Waals surface area (Å²) in [6.07, 6.45) is 0. The molecular formula is C13H11NO3S2. The van der Waals surface area contributed by atoms with Crippen LogP contribution in [-0.4, -0.2) is 19.2 Å². The van der Waals surface area contributed by atoms with Crippen LogP contribution in [0.3, 0.4) is 0 Å². The van der Waals surface area contributed by atoms with Gasteiger partial charge in [0.1, 0.15) is 5.52 Å². The van der Waals surface area contributed by atoms with Crippen molar-refractivity contribution in [2.24, 2.45) is 0 Å². The zero-order chi connectivity index (χ0) is 13.5. The first-order valence-electron chi connectivity index (χ1n) is 5.77. The molecule has 0 saturated carbocycles. The van der Waals surface area contributed by atoms with Crippen LogP contribution in [0.5, 0.6) is 0 Å². The summed E-state index contributed by atoms with van der Waals surface area (Å²) in [6.45, 7) is 1.62. The first-order chi connectivity index (χ1) is 9.10. The van der Waals surface area contributed by atoms with Gasteiger partial charge in [0.2, 0.25) is 5.89 Å². The second-order valence-corrected chi connectivity index (χ2v) is 7.26. The van der Waals surface area contributed by atoms with Gasteiger partial charge in [0.05, 0.1) is 15.5 Å². The molecular weight excluding hydrogens is 282 g/mol. The molecule has 2 heterocycles.